The van der Waals surface area contributed by atoms with Gasteiger partial charge in [-0.3, -0.25) is 4.90 Å². The summed E-state index contributed by atoms with van der Waals surface area (Å²) in [7, 11) is 0. The minimum atomic E-state index is -0.257. The Labute approximate surface area is 80.7 Å². The van der Waals surface area contributed by atoms with Crippen molar-refractivity contribution in [3.63, 3.8) is 0 Å². The highest BCUT2D eigenvalue weighted by atomic mass is 16.5. The van der Waals surface area contributed by atoms with Gasteiger partial charge in [0.25, 0.3) is 0 Å². The van der Waals surface area contributed by atoms with Gasteiger partial charge in [-0.15, -0.1) is 0 Å². The number of hydrogen-bond acceptors (Lipinski definition) is 3. The van der Waals surface area contributed by atoms with Gasteiger partial charge in [0.15, 0.2) is 0 Å². The summed E-state index contributed by atoms with van der Waals surface area (Å²) in [5.74, 6) is 0. The van der Waals surface area contributed by atoms with Crippen molar-refractivity contribution in [2.45, 2.75) is 45.4 Å². The van der Waals surface area contributed by atoms with Crippen LogP contribution in [-0.4, -0.2) is 48.0 Å². The minimum Gasteiger partial charge on any atom is -0.392 e. The van der Waals surface area contributed by atoms with E-state index in [1.165, 1.54) is 0 Å². The number of rotatable bonds is 3. The van der Waals surface area contributed by atoms with Crippen molar-refractivity contribution >= 4 is 0 Å². The average molecular weight is 187 g/mol. The normalized spacial score (nSPS) is 30.0. The first-order chi connectivity index (χ1) is 6.16. The Morgan fingerprint density at radius 3 is 2.77 bits per heavy atom. The van der Waals surface area contributed by atoms with E-state index in [0.717, 1.165) is 26.2 Å². The van der Waals surface area contributed by atoms with E-state index in [0.29, 0.717) is 6.04 Å². The van der Waals surface area contributed by atoms with Crippen molar-refractivity contribution in [2.75, 3.05) is 19.8 Å². The molecule has 0 bridgehead atoms. The van der Waals surface area contributed by atoms with Crippen molar-refractivity contribution in [3.8, 4) is 0 Å². The Kier molecular flexibility index (Phi) is 4.16. The maximum absolute atomic E-state index is 9.50. The summed E-state index contributed by atoms with van der Waals surface area (Å²) < 4.78 is 5.41. The predicted octanol–water partition coefficient (Wildman–Crippen LogP) is 0.867. The van der Waals surface area contributed by atoms with Crippen LogP contribution >= 0.6 is 0 Å². The molecule has 0 aliphatic carbocycles. The minimum absolute atomic E-state index is 0.244. The molecule has 0 aromatic heterocycles. The summed E-state index contributed by atoms with van der Waals surface area (Å²) in [5, 5.41) is 9.50. The highest BCUT2D eigenvalue weighted by Crippen LogP contribution is 2.15. The molecule has 1 aliphatic heterocycles. The number of aliphatic hydroxyl groups is 1. The first-order valence-electron chi connectivity index (χ1n) is 5.18. The zero-order chi connectivity index (χ0) is 9.84. The Balaban J connectivity index is 2.53. The Morgan fingerprint density at radius 1 is 1.54 bits per heavy atom. The van der Waals surface area contributed by atoms with Gasteiger partial charge < -0.3 is 9.84 Å². The SMILES string of the molecule is CCC1COCCN1C(C)C(C)O. The van der Waals surface area contributed by atoms with Crippen molar-refractivity contribution in [2.24, 2.45) is 0 Å². The molecule has 0 amide bonds. The number of ether oxygens (including phenoxy) is 1. The number of nitrogens with zero attached hydrogens (tertiary/aromatic N) is 1. The molecule has 1 N–H and O–H groups in total. The second kappa shape index (κ2) is 4.94. The molecule has 3 heteroatoms. The lowest BCUT2D eigenvalue weighted by molar-refractivity contribution is -0.0515. The van der Waals surface area contributed by atoms with Crippen molar-refractivity contribution in [1.82, 2.24) is 4.90 Å². The summed E-state index contributed by atoms with van der Waals surface area (Å²) >= 11 is 0. The molecule has 3 nitrogen and oxygen atoms in total. The van der Waals surface area contributed by atoms with Crippen molar-refractivity contribution in [3.05, 3.63) is 0 Å². The van der Waals surface area contributed by atoms with Gasteiger partial charge in [-0.25, -0.2) is 0 Å². The number of hydrogen-bond donors (Lipinski definition) is 1. The zero-order valence-corrected chi connectivity index (χ0v) is 8.86. The number of morpholine rings is 1. The van der Waals surface area contributed by atoms with E-state index in [4.69, 9.17) is 4.74 Å². The molecule has 0 aromatic rings. The second-order valence-electron chi connectivity index (χ2n) is 3.86. The Morgan fingerprint density at radius 2 is 2.23 bits per heavy atom. The molecule has 78 valence electrons. The largest absolute Gasteiger partial charge is 0.392 e. The monoisotopic (exact) mass is 187 g/mol. The van der Waals surface area contributed by atoms with Crippen LogP contribution in [0.2, 0.25) is 0 Å². The van der Waals surface area contributed by atoms with Gasteiger partial charge in [0.1, 0.15) is 0 Å². The first kappa shape index (κ1) is 11.0. The van der Waals surface area contributed by atoms with Crippen molar-refractivity contribution in [1.29, 1.82) is 0 Å². The molecule has 1 rings (SSSR count). The van der Waals surface area contributed by atoms with Gasteiger partial charge in [0.2, 0.25) is 0 Å². The molecular formula is C10H21NO2. The predicted molar refractivity (Wildman–Crippen MR) is 52.7 cm³/mol. The molecule has 1 aliphatic rings. The lowest BCUT2D eigenvalue weighted by Gasteiger charge is -2.40. The molecule has 0 radical (unpaired) electrons. The van der Waals surface area contributed by atoms with Gasteiger partial charge in [-0.2, -0.15) is 0 Å². The highest BCUT2D eigenvalue weighted by Gasteiger charge is 2.27. The van der Waals surface area contributed by atoms with Crippen LogP contribution in [0.25, 0.3) is 0 Å². The van der Waals surface area contributed by atoms with Crippen LogP contribution in [-0.2, 0) is 4.74 Å². The van der Waals surface area contributed by atoms with E-state index in [9.17, 15) is 5.11 Å². The van der Waals surface area contributed by atoms with E-state index in [1.54, 1.807) is 0 Å². The molecular weight excluding hydrogens is 166 g/mol. The fraction of sp³-hybridized carbons (Fsp3) is 1.00. The van der Waals surface area contributed by atoms with Crippen LogP contribution in [0.4, 0.5) is 0 Å². The molecule has 3 unspecified atom stereocenters. The van der Waals surface area contributed by atoms with E-state index in [1.807, 2.05) is 6.92 Å². The highest BCUT2D eigenvalue weighted by molar-refractivity contribution is 4.81. The molecule has 1 saturated heterocycles. The van der Waals surface area contributed by atoms with Gasteiger partial charge in [0.05, 0.1) is 19.3 Å². The van der Waals surface area contributed by atoms with Gasteiger partial charge in [-0.05, 0) is 20.3 Å². The fourth-order valence-corrected chi connectivity index (χ4v) is 1.83. The molecule has 1 fully saturated rings. The summed E-state index contributed by atoms with van der Waals surface area (Å²) in [4.78, 5) is 2.36. The Bertz CT molecular complexity index is 148. The zero-order valence-electron chi connectivity index (χ0n) is 8.86. The fourth-order valence-electron chi connectivity index (χ4n) is 1.83. The van der Waals surface area contributed by atoms with Gasteiger partial charge in [0, 0.05) is 18.6 Å². The van der Waals surface area contributed by atoms with Crippen LogP contribution in [0, 0.1) is 0 Å². The topological polar surface area (TPSA) is 32.7 Å². The van der Waals surface area contributed by atoms with Crippen LogP contribution in [0.3, 0.4) is 0 Å². The molecule has 0 spiro atoms. The third-order valence-corrected chi connectivity index (χ3v) is 2.97. The van der Waals surface area contributed by atoms with E-state index >= 15 is 0 Å². The molecule has 0 aromatic carbocycles. The van der Waals surface area contributed by atoms with Gasteiger partial charge in [-0.1, -0.05) is 6.92 Å². The molecule has 3 atom stereocenters. The van der Waals surface area contributed by atoms with Crippen LogP contribution < -0.4 is 0 Å². The smallest absolute Gasteiger partial charge is 0.0664 e. The quantitative estimate of drug-likeness (QED) is 0.711. The molecule has 1 heterocycles. The third-order valence-electron chi connectivity index (χ3n) is 2.97. The van der Waals surface area contributed by atoms with Crippen molar-refractivity contribution < 1.29 is 9.84 Å². The summed E-state index contributed by atoms with van der Waals surface area (Å²) in [6, 6.07) is 0.729. The van der Waals surface area contributed by atoms with Crippen LogP contribution in [0.15, 0.2) is 0 Å². The Hall–Kier alpha value is -0.120. The lowest BCUT2D eigenvalue weighted by Crippen LogP contribution is -2.52. The maximum Gasteiger partial charge on any atom is 0.0664 e. The van der Waals surface area contributed by atoms with E-state index < -0.39 is 0 Å². The summed E-state index contributed by atoms with van der Waals surface area (Å²) in [6.45, 7) is 8.66. The summed E-state index contributed by atoms with van der Waals surface area (Å²) in [6.07, 6.45) is 0.837. The summed E-state index contributed by atoms with van der Waals surface area (Å²) in [5.41, 5.74) is 0. The number of aliphatic hydroxyl groups excluding tert-OH is 1. The third kappa shape index (κ3) is 2.66. The first-order valence-corrected chi connectivity index (χ1v) is 5.18. The maximum atomic E-state index is 9.50. The standard InChI is InChI=1S/C10H21NO2/c1-4-10-7-13-6-5-11(10)8(2)9(3)12/h8-10,12H,4-7H2,1-3H3. The van der Waals surface area contributed by atoms with Crippen LogP contribution in [0.1, 0.15) is 27.2 Å². The molecule has 0 saturated carbocycles. The van der Waals surface area contributed by atoms with Gasteiger partial charge >= 0.3 is 0 Å². The van der Waals surface area contributed by atoms with E-state index in [2.05, 4.69) is 18.7 Å². The lowest BCUT2D eigenvalue weighted by atomic mass is 10.1. The van der Waals surface area contributed by atoms with E-state index in [-0.39, 0.29) is 12.1 Å². The molecule has 13 heavy (non-hydrogen) atoms. The average Bonchev–Trinajstić information content (AvgIpc) is 2.16. The van der Waals surface area contributed by atoms with Crippen LogP contribution in [0.5, 0.6) is 0 Å². The second-order valence-corrected chi connectivity index (χ2v) is 3.86.